The van der Waals surface area contributed by atoms with Crippen LogP contribution in [0.5, 0.6) is 0 Å². The van der Waals surface area contributed by atoms with Gasteiger partial charge in [0.05, 0.1) is 18.8 Å². The summed E-state index contributed by atoms with van der Waals surface area (Å²) >= 11 is 1.48. The highest BCUT2D eigenvalue weighted by atomic mass is 32.1. The highest BCUT2D eigenvalue weighted by Gasteiger charge is 2.14. The lowest BCUT2D eigenvalue weighted by Gasteiger charge is -2.11. The Kier molecular flexibility index (Phi) is 8.27. The molecule has 8 heteroatoms. The normalized spacial score (nSPS) is 12.2. The SMILES string of the molecule is C=CC(=O)OCC=CCOCC(O)COC(=O)c1ccc2sc3ccccc3c(=O)c2c1. The molecule has 0 saturated heterocycles. The molecule has 1 N–H and O–H groups in total. The van der Waals surface area contributed by atoms with Gasteiger partial charge < -0.3 is 19.3 Å². The summed E-state index contributed by atoms with van der Waals surface area (Å²) in [6.07, 6.45) is 3.30. The van der Waals surface area contributed by atoms with Gasteiger partial charge in [-0.1, -0.05) is 24.8 Å². The third-order valence-electron chi connectivity index (χ3n) is 4.40. The van der Waals surface area contributed by atoms with Crippen LogP contribution >= 0.6 is 11.3 Å². The Balaban J connectivity index is 1.50. The van der Waals surface area contributed by atoms with Gasteiger partial charge >= 0.3 is 11.9 Å². The number of ether oxygens (including phenoxy) is 3. The molecule has 0 saturated carbocycles. The smallest absolute Gasteiger partial charge is 0.338 e. The quantitative estimate of drug-likeness (QED) is 0.165. The van der Waals surface area contributed by atoms with E-state index in [2.05, 4.69) is 6.58 Å². The minimum Gasteiger partial charge on any atom is -0.459 e. The van der Waals surface area contributed by atoms with Gasteiger partial charge in [-0.15, -0.1) is 11.3 Å². The van der Waals surface area contributed by atoms with Crippen molar-refractivity contribution in [3.63, 3.8) is 0 Å². The summed E-state index contributed by atoms with van der Waals surface area (Å²) in [6, 6.07) is 12.2. The molecule has 0 amide bonds. The van der Waals surface area contributed by atoms with E-state index >= 15 is 0 Å². The molecule has 1 atom stereocenters. The second kappa shape index (κ2) is 11.3. The first-order valence-corrected chi connectivity index (χ1v) is 10.6. The molecule has 3 rings (SSSR count). The van der Waals surface area contributed by atoms with Crippen LogP contribution in [-0.2, 0) is 19.0 Å². The predicted octanol–water partition coefficient (Wildman–Crippen LogP) is 3.23. The number of carbonyl (C=O) groups excluding carboxylic acids is 2. The molecule has 7 nitrogen and oxygen atoms in total. The van der Waals surface area contributed by atoms with Gasteiger partial charge in [-0.3, -0.25) is 4.79 Å². The molecular weight excluding hydrogens is 432 g/mol. The maximum absolute atomic E-state index is 12.8. The lowest BCUT2D eigenvalue weighted by molar-refractivity contribution is -0.136. The van der Waals surface area contributed by atoms with Crippen molar-refractivity contribution in [3.8, 4) is 0 Å². The van der Waals surface area contributed by atoms with Crippen LogP contribution in [0, 0.1) is 0 Å². The van der Waals surface area contributed by atoms with Crippen molar-refractivity contribution in [1.29, 1.82) is 0 Å². The molecular formula is C24H22O7S. The number of carbonyl (C=O) groups is 2. The monoisotopic (exact) mass is 454 g/mol. The van der Waals surface area contributed by atoms with Crippen LogP contribution in [0.2, 0.25) is 0 Å². The average molecular weight is 455 g/mol. The van der Waals surface area contributed by atoms with Gasteiger partial charge in [0.2, 0.25) is 0 Å². The lowest BCUT2D eigenvalue weighted by Crippen LogP contribution is -2.24. The first-order valence-electron chi connectivity index (χ1n) is 9.82. The molecule has 1 aromatic heterocycles. The topological polar surface area (TPSA) is 99.1 Å². The molecule has 0 aliphatic heterocycles. The Bertz CT molecular complexity index is 1210. The first kappa shape index (κ1) is 23.3. The summed E-state index contributed by atoms with van der Waals surface area (Å²) in [6.45, 7) is 3.29. The summed E-state index contributed by atoms with van der Waals surface area (Å²) in [7, 11) is 0. The lowest BCUT2D eigenvalue weighted by atomic mass is 10.1. The van der Waals surface area contributed by atoms with E-state index in [-0.39, 0.29) is 37.4 Å². The molecule has 32 heavy (non-hydrogen) atoms. The van der Waals surface area contributed by atoms with Crippen molar-refractivity contribution in [1.82, 2.24) is 0 Å². The van der Waals surface area contributed by atoms with Crippen LogP contribution in [0.3, 0.4) is 0 Å². The Hall–Kier alpha value is -3.33. The Morgan fingerprint density at radius 3 is 2.56 bits per heavy atom. The van der Waals surface area contributed by atoms with Gasteiger partial charge in [0, 0.05) is 26.2 Å². The van der Waals surface area contributed by atoms with Gasteiger partial charge in [0.15, 0.2) is 5.43 Å². The van der Waals surface area contributed by atoms with Crippen LogP contribution in [-0.4, -0.2) is 49.6 Å². The van der Waals surface area contributed by atoms with E-state index in [4.69, 9.17) is 14.2 Å². The highest BCUT2D eigenvalue weighted by Crippen LogP contribution is 2.25. The zero-order valence-corrected chi connectivity index (χ0v) is 18.0. The number of aliphatic hydroxyl groups is 1. The van der Waals surface area contributed by atoms with E-state index in [1.807, 2.05) is 12.1 Å². The summed E-state index contributed by atoms with van der Waals surface area (Å²) in [4.78, 5) is 36.0. The number of rotatable bonds is 10. The minimum atomic E-state index is -1.01. The number of hydrogen-bond donors (Lipinski definition) is 1. The summed E-state index contributed by atoms with van der Waals surface area (Å²) in [5.74, 6) is -1.15. The Labute approximate surface area is 188 Å². The third-order valence-corrected chi connectivity index (χ3v) is 5.55. The van der Waals surface area contributed by atoms with Gasteiger partial charge in [0.25, 0.3) is 0 Å². The Morgan fingerprint density at radius 2 is 1.75 bits per heavy atom. The van der Waals surface area contributed by atoms with E-state index in [1.165, 1.54) is 17.4 Å². The molecule has 2 aromatic carbocycles. The van der Waals surface area contributed by atoms with Crippen molar-refractivity contribution in [2.24, 2.45) is 0 Å². The molecule has 0 aliphatic rings. The first-order chi connectivity index (χ1) is 15.5. The van der Waals surface area contributed by atoms with Gasteiger partial charge in [-0.05, 0) is 36.4 Å². The number of fused-ring (bicyclic) bond motifs is 2. The van der Waals surface area contributed by atoms with Gasteiger partial charge in [-0.25, -0.2) is 9.59 Å². The van der Waals surface area contributed by atoms with Crippen molar-refractivity contribution in [2.45, 2.75) is 6.10 Å². The van der Waals surface area contributed by atoms with Crippen LogP contribution in [0.1, 0.15) is 10.4 Å². The second-order valence-electron chi connectivity index (χ2n) is 6.73. The van der Waals surface area contributed by atoms with Crippen molar-refractivity contribution in [3.05, 3.63) is 83.1 Å². The molecule has 0 fully saturated rings. The van der Waals surface area contributed by atoms with Crippen LogP contribution < -0.4 is 5.43 Å². The molecule has 0 radical (unpaired) electrons. The van der Waals surface area contributed by atoms with E-state index in [9.17, 15) is 19.5 Å². The van der Waals surface area contributed by atoms with Gasteiger partial charge in [-0.2, -0.15) is 0 Å². The molecule has 166 valence electrons. The van der Waals surface area contributed by atoms with Crippen LogP contribution in [0.4, 0.5) is 0 Å². The Morgan fingerprint density at radius 1 is 1.00 bits per heavy atom. The fourth-order valence-corrected chi connectivity index (χ4v) is 3.88. The molecule has 0 aliphatic carbocycles. The zero-order valence-electron chi connectivity index (χ0n) is 17.2. The molecule has 0 bridgehead atoms. The van der Waals surface area contributed by atoms with E-state index in [0.29, 0.717) is 10.8 Å². The highest BCUT2D eigenvalue weighted by molar-refractivity contribution is 7.24. The maximum atomic E-state index is 12.8. The third kappa shape index (κ3) is 6.10. The van der Waals surface area contributed by atoms with E-state index in [1.54, 1.807) is 36.4 Å². The summed E-state index contributed by atoms with van der Waals surface area (Å²) < 4.78 is 16.8. The predicted molar refractivity (Wildman–Crippen MR) is 123 cm³/mol. The summed E-state index contributed by atoms with van der Waals surface area (Å²) in [5.41, 5.74) is 0.104. The zero-order chi connectivity index (χ0) is 22.9. The second-order valence-corrected chi connectivity index (χ2v) is 7.82. The average Bonchev–Trinajstić information content (AvgIpc) is 2.81. The molecule has 0 spiro atoms. The van der Waals surface area contributed by atoms with E-state index in [0.717, 1.165) is 15.5 Å². The standard InChI is InChI=1S/C24H22O7S/c1-2-22(26)30-12-6-5-11-29-14-17(25)15-31-24(28)16-9-10-21-19(13-16)23(27)18-7-3-4-8-20(18)32-21/h2-10,13,17,25H,1,11-12,14-15H2. The van der Waals surface area contributed by atoms with Gasteiger partial charge in [0.1, 0.15) is 19.3 Å². The number of aliphatic hydroxyl groups excluding tert-OH is 1. The maximum Gasteiger partial charge on any atom is 0.338 e. The van der Waals surface area contributed by atoms with Crippen LogP contribution in [0.25, 0.3) is 20.2 Å². The number of benzene rings is 2. The van der Waals surface area contributed by atoms with Crippen LogP contribution in [0.15, 0.2) is 72.1 Å². The van der Waals surface area contributed by atoms with Crippen molar-refractivity contribution in [2.75, 3.05) is 26.4 Å². The fourth-order valence-electron chi connectivity index (χ4n) is 2.83. The largest absolute Gasteiger partial charge is 0.459 e. The fraction of sp³-hybridized carbons (Fsp3) is 0.208. The van der Waals surface area contributed by atoms with E-state index < -0.39 is 18.0 Å². The van der Waals surface area contributed by atoms with Crippen molar-refractivity contribution >= 4 is 43.4 Å². The molecule has 1 unspecified atom stereocenters. The molecule has 1 heterocycles. The number of esters is 2. The summed E-state index contributed by atoms with van der Waals surface area (Å²) in [5, 5.41) is 11.0. The molecule has 3 aromatic rings. The minimum absolute atomic E-state index is 0.0415. The number of hydrogen-bond acceptors (Lipinski definition) is 8. The van der Waals surface area contributed by atoms with Crippen molar-refractivity contribution < 1.29 is 28.9 Å².